The van der Waals surface area contributed by atoms with Gasteiger partial charge in [0.15, 0.2) is 0 Å². The Hall–Kier alpha value is -2.43. The zero-order chi connectivity index (χ0) is 14.7. The molecule has 1 amide bonds. The molecule has 104 valence electrons. The number of benzene rings is 2. The van der Waals surface area contributed by atoms with Crippen molar-refractivity contribution in [1.82, 2.24) is 0 Å². The summed E-state index contributed by atoms with van der Waals surface area (Å²) in [6, 6.07) is 10.2. The van der Waals surface area contributed by atoms with Gasteiger partial charge in [0.2, 0.25) is 5.91 Å². The fraction of sp³-hybridized carbons (Fsp3) is 0.133. The highest BCUT2D eigenvalue weighted by atomic mass is 19.1. The summed E-state index contributed by atoms with van der Waals surface area (Å²) in [5.41, 5.74) is 6.50. The molecule has 0 saturated heterocycles. The second kappa shape index (κ2) is 5.69. The summed E-state index contributed by atoms with van der Waals surface area (Å²) in [6.07, 6.45) is -0.343. The van der Waals surface area contributed by atoms with Crippen LogP contribution in [0, 0.1) is 11.6 Å². The predicted molar refractivity (Wildman–Crippen MR) is 74.3 cm³/mol. The molecule has 0 spiro atoms. The highest BCUT2D eigenvalue weighted by Crippen LogP contribution is 2.19. The monoisotopic (exact) mass is 276 g/mol. The van der Waals surface area contributed by atoms with Crippen LogP contribution in [0.1, 0.15) is 5.56 Å². The van der Waals surface area contributed by atoms with Gasteiger partial charge in [0.25, 0.3) is 0 Å². The van der Waals surface area contributed by atoms with E-state index in [4.69, 9.17) is 5.73 Å². The summed E-state index contributed by atoms with van der Waals surface area (Å²) < 4.78 is 27.0. The Labute approximate surface area is 115 Å². The van der Waals surface area contributed by atoms with E-state index in [-0.39, 0.29) is 12.0 Å². The third-order valence-corrected chi connectivity index (χ3v) is 3.02. The van der Waals surface area contributed by atoms with Crippen LogP contribution in [-0.4, -0.2) is 13.0 Å². The quantitative estimate of drug-likeness (QED) is 0.876. The van der Waals surface area contributed by atoms with Crippen molar-refractivity contribution in [3.8, 4) is 0 Å². The van der Waals surface area contributed by atoms with Crippen molar-refractivity contribution in [2.75, 3.05) is 17.7 Å². The molecule has 0 aliphatic carbocycles. The molecule has 0 bridgehead atoms. The van der Waals surface area contributed by atoms with E-state index in [1.54, 1.807) is 24.3 Å². The van der Waals surface area contributed by atoms with Crippen LogP contribution < -0.4 is 10.6 Å². The standard InChI is InChI=1S/C15H14F2N2O/c1-19(11-5-2-4-10(18)8-11)15(20)9-12-13(16)6-3-7-14(12)17/h2-8H,9,18H2,1H3. The number of carbonyl (C=O) groups is 1. The van der Waals surface area contributed by atoms with Crippen LogP contribution in [0.5, 0.6) is 0 Å². The Kier molecular flexibility index (Phi) is 3.98. The van der Waals surface area contributed by atoms with Crippen LogP contribution in [0.2, 0.25) is 0 Å². The van der Waals surface area contributed by atoms with Gasteiger partial charge in [-0.15, -0.1) is 0 Å². The van der Waals surface area contributed by atoms with E-state index in [1.807, 2.05) is 0 Å². The lowest BCUT2D eigenvalue weighted by atomic mass is 10.1. The van der Waals surface area contributed by atoms with Crippen molar-refractivity contribution in [1.29, 1.82) is 0 Å². The van der Waals surface area contributed by atoms with E-state index in [0.717, 1.165) is 12.1 Å². The van der Waals surface area contributed by atoms with Crippen molar-refractivity contribution < 1.29 is 13.6 Å². The van der Waals surface area contributed by atoms with E-state index < -0.39 is 17.5 Å². The van der Waals surface area contributed by atoms with E-state index in [2.05, 4.69) is 0 Å². The molecule has 0 aliphatic rings. The Morgan fingerprint density at radius 3 is 2.35 bits per heavy atom. The average molecular weight is 276 g/mol. The summed E-state index contributed by atoms with van der Waals surface area (Å²) in [7, 11) is 1.54. The molecule has 0 unspecified atom stereocenters. The highest BCUT2D eigenvalue weighted by Gasteiger charge is 2.17. The molecule has 3 nitrogen and oxygen atoms in total. The minimum Gasteiger partial charge on any atom is -0.399 e. The van der Waals surface area contributed by atoms with E-state index in [1.165, 1.54) is 18.0 Å². The minimum absolute atomic E-state index is 0.228. The molecule has 0 radical (unpaired) electrons. The van der Waals surface area contributed by atoms with Crippen LogP contribution >= 0.6 is 0 Å². The number of amides is 1. The number of likely N-dealkylation sites (N-methyl/N-ethyl adjacent to an activating group) is 1. The third kappa shape index (κ3) is 2.93. The number of rotatable bonds is 3. The molecular weight excluding hydrogens is 262 g/mol. The number of nitrogens with zero attached hydrogens (tertiary/aromatic N) is 1. The van der Waals surface area contributed by atoms with E-state index >= 15 is 0 Å². The molecule has 2 rings (SSSR count). The van der Waals surface area contributed by atoms with Gasteiger partial charge >= 0.3 is 0 Å². The third-order valence-electron chi connectivity index (χ3n) is 3.02. The van der Waals surface area contributed by atoms with Gasteiger partial charge in [-0.1, -0.05) is 12.1 Å². The minimum atomic E-state index is -0.723. The average Bonchev–Trinajstić information content (AvgIpc) is 2.42. The first-order valence-corrected chi connectivity index (χ1v) is 6.04. The zero-order valence-corrected chi connectivity index (χ0v) is 10.9. The van der Waals surface area contributed by atoms with Gasteiger partial charge in [0, 0.05) is 24.0 Å². The van der Waals surface area contributed by atoms with Gasteiger partial charge in [-0.3, -0.25) is 4.79 Å². The first kappa shape index (κ1) is 14.0. The molecule has 0 atom stereocenters. The number of hydrogen-bond acceptors (Lipinski definition) is 2. The molecule has 2 N–H and O–H groups in total. The fourth-order valence-electron chi connectivity index (χ4n) is 1.85. The maximum Gasteiger partial charge on any atom is 0.231 e. The molecule has 0 aliphatic heterocycles. The first-order chi connectivity index (χ1) is 9.49. The maximum absolute atomic E-state index is 13.5. The predicted octanol–water partition coefficient (Wildman–Crippen LogP) is 2.75. The lowest BCUT2D eigenvalue weighted by molar-refractivity contribution is -0.117. The van der Waals surface area contributed by atoms with Crippen LogP contribution in [0.4, 0.5) is 20.2 Å². The van der Waals surface area contributed by atoms with Gasteiger partial charge in [-0.05, 0) is 30.3 Å². The summed E-state index contributed by atoms with van der Waals surface area (Å²) in [4.78, 5) is 13.4. The van der Waals surface area contributed by atoms with Crippen LogP contribution in [0.15, 0.2) is 42.5 Å². The van der Waals surface area contributed by atoms with Gasteiger partial charge in [-0.2, -0.15) is 0 Å². The molecule has 0 fully saturated rings. The number of nitrogens with two attached hydrogens (primary N) is 1. The van der Waals surface area contributed by atoms with Gasteiger partial charge in [0.05, 0.1) is 6.42 Å². The Morgan fingerprint density at radius 2 is 1.75 bits per heavy atom. The second-order valence-electron chi connectivity index (χ2n) is 4.42. The van der Waals surface area contributed by atoms with E-state index in [9.17, 15) is 13.6 Å². The Bertz CT molecular complexity index is 623. The summed E-state index contributed by atoms with van der Waals surface area (Å²) in [5.74, 6) is -1.86. The smallest absolute Gasteiger partial charge is 0.231 e. The molecule has 0 aromatic heterocycles. The largest absolute Gasteiger partial charge is 0.399 e. The number of halogens is 2. The van der Waals surface area contributed by atoms with Crippen molar-refractivity contribution in [2.24, 2.45) is 0 Å². The van der Waals surface area contributed by atoms with Crippen LogP contribution in [-0.2, 0) is 11.2 Å². The molecule has 0 saturated carbocycles. The van der Waals surface area contributed by atoms with Crippen LogP contribution in [0.3, 0.4) is 0 Å². The SMILES string of the molecule is CN(C(=O)Cc1c(F)cccc1F)c1cccc(N)c1. The lowest BCUT2D eigenvalue weighted by Crippen LogP contribution is -2.28. The first-order valence-electron chi connectivity index (χ1n) is 6.04. The zero-order valence-electron chi connectivity index (χ0n) is 10.9. The Balaban J connectivity index is 2.20. The normalized spacial score (nSPS) is 10.3. The lowest BCUT2D eigenvalue weighted by Gasteiger charge is -2.18. The molecule has 0 heterocycles. The fourth-order valence-corrected chi connectivity index (χ4v) is 1.85. The van der Waals surface area contributed by atoms with Crippen molar-refractivity contribution >= 4 is 17.3 Å². The number of nitrogen functional groups attached to an aromatic ring is 1. The molecule has 2 aromatic carbocycles. The van der Waals surface area contributed by atoms with Crippen molar-refractivity contribution in [2.45, 2.75) is 6.42 Å². The van der Waals surface area contributed by atoms with Gasteiger partial charge in [-0.25, -0.2) is 8.78 Å². The molecular formula is C15H14F2N2O. The van der Waals surface area contributed by atoms with Crippen molar-refractivity contribution in [3.05, 3.63) is 59.7 Å². The molecule has 5 heteroatoms. The summed E-state index contributed by atoms with van der Waals surface area (Å²) in [6.45, 7) is 0. The van der Waals surface area contributed by atoms with Gasteiger partial charge in [0.1, 0.15) is 11.6 Å². The number of hydrogen-bond donors (Lipinski definition) is 1. The second-order valence-corrected chi connectivity index (χ2v) is 4.42. The molecule has 2 aromatic rings. The van der Waals surface area contributed by atoms with Crippen molar-refractivity contribution in [3.63, 3.8) is 0 Å². The summed E-state index contributed by atoms with van der Waals surface area (Å²) in [5, 5.41) is 0. The maximum atomic E-state index is 13.5. The summed E-state index contributed by atoms with van der Waals surface area (Å²) >= 11 is 0. The van der Waals surface area contributed by atoms with Gasteiger partial charge < -0.3 is 10.6 Å². The number of anilines is 2. The van der Waals surface area contributed by atoms with E-state index in [0.29, 0.717) is 11.4 Å². The number of carbonyl (C=O) groups excluding carboxylic acids is 1. The Morgan fingerprint density at radius 1 is 1.15 bits per heavy atom. The topological polar surface area (TPSA) is 46.3 Å². The van der Waals surface area contributed by atoms with Crippen LogP contribution in [0.25, 0.3) is 0 Å². The highest BCUT2D eigenvalue weighted by molar-refractivity contribution is 5.94. The molecule has 20 heavy (non-hydrogen) atoms.